The molecule has 0 aliphatic carbocycles. The summed E-state index contributed by atoms with van der Waals surface area (Å²) in [6, 6.07) is 0. The van der Waals surface area contributed by atoms with Gasteiger partial charge < -0.3 is 15.1 Å². The number of nitrogens with zero attached hydrogens (tertiary/aromatic N) is 3. The van der Waals surface area contributed by atoms with Crippen molar-refractivity contribution in [3.8, 4) is 0 Å². The topological polar surface area (TPSA) is 55.9 Å². The van der Waals surface area contributed by atoms with Crippen molar-refractivity contribution in [3.63, 3.8) is 0 Å². The summed E-state index contributed by atoms with van der Waals surface area (Å²) in [6.45, 7) is 9.21. The average Bonchev–Trinajstić information content (AvgIpc) is 2.40. The van der Waals surface area contributed by atoms with E-state index in [0.717, 1.165) is 39.3 Å². The summed E-state index contributed by atoms with van der Waals surface area (Å²) < 4.78 is 0. The number of carbonyl (C=O) groups is 2. The van der Waals surface area contributed by atoms with Gasteiger partial charge in [0, 0.05) is 39.3 Å². The van der Waals surface area contributed by atoms with Crippen LogP contribution in [0.2, 0.25) is 0 Å². The number of hydrogen-bond donors (Lipinski definition) is 1. The molecule has 7 heteroatoms. The molecule has 1 aliphatic rings. The summed E-state index contributed by atoms with van der Waals surface area (Å²) in [5.41, 5.74) is 0. The number of amides is 2. The molecule has 0 aromatic carbocycles. The van der Waals surface area contributed by atoms with E-state index < -0.39 is 0 Å². The molecule has 1 rings (SSSR count). The molecule has 0 saturated carbocycles. The average molecular weight is 307 g/mol. The van der Waals surface area contributed by atoms with Crippen molar-refractivity contribution in [2.24, 2.45) is 0 Å². The van der Waals surface area contributed by atoms with Gasteiger partial charge in [-0.25, -0.2) is 0 Å². The van der Waals surface area contributed by atoms with Crippen LogP contribution in [0.25, 0.3) is 0 Å². The third-order valence-corrected chi connectivity index (χ3v) is 3.40. The minimum absolute atomic E-state index is 0. The lowest BCUT2D eigenvalue weighted by atomic mass is 10.3. The van der Waals surface area contributed by atoms with Crippen LogP contribution >= 0.6 is 12.4 Å². The third kappa shape index (κ3) is 6.07. The van der Waals surface area contributed by atoms with Crippen molar-refractivity contribution in [1.82, 2.24) is 20.0 Å². The monoisotopic (exact) mass is 306 g/mol. The van der Waals surface area contributed by atoms with E-state index in [1.807, 2.05) is 25.8 Å². The maximum absolute atomic E-state index is 12.0. The van der Waals surface area contributed by atoms with Gasteiger partial charge in [0.1, 0.15) is 0 Å². The Labute approximate surface area is 127 Å². The first-order valence-corrected chi connectivity index (χ1v) is 7.03. The van der Waals surface area contributed by atoms with Crippen LogP contribution in [0.5, 0.6) is 0 Å². The Kier molecular flexibility index (Phi) is 9.54. The first-order chi connectivity index (χ1) is 9.08. The van der Waals surface area contributed by atoms with Crippen LogP contribution in [0.4, 0.5) is 0 Å². The lowest BCUT2D eigenvalue weighted by molar-refractivity contribution is -0.135. The van der Waals surface area contributed by atoms with Crippen LogP contribution < -0.4 is 5.32 Å². The molecule has 6 nitrogen and oxygen atoms in total. The van der Waals surface area contributed by atoms with E-state index in [9.17, 15) is 9.59 Å². The van der Waals surface area contributed by atoms with Gasteiger partial charge in [0.15, 0.2) is 0 Å². The first-order valence-electron chi connectivity index (χ1n) is 7.03. The van der Waals surface area contributed by atoms with E-state index in [4.69, 9.17) is 0 Å². The first kappa shape index (κ1) is 19.1. The van der Waals surface area contributed by atoms with Crippen molar-refractivity contribution >= 4 is 24.2 Å². The van der Waals surface area contributed by atoms with Gasteiger partial charge in [-0.15, -0.1) is 12.4 Å². The van der Waals surface area contributed by atoms with Crippen molar-refractivity contribution in [2.75, 3.05) is 59.4 Å². The summed E-state index contributed by atoms with van der Waals surface area (Å²) >= 11 is 0. The zero-order valence-corrected chi connectivity index (χ0v) is 13.5. The number of hydrogen-bond acceptors (Lipinski definition) is 4. The zero-order chi connectivity index (χ0) is 14.3. The van der Waals surface area contributed by atoms with E-state index in [2.05, 4.69) is 5.32 Å². The summed E-state index contributed by atoms with van der Waals surface area (Å²) in [4.78, 5) is 29.4. The fourth-order valence-electron chi connectivity index (χ4n) is 2.21. The van der Waals surface area contributed by atoms with Crippen molar-refractivity contribution in [1.29, 1.82) is 0 Å². The van der Waals surface area contributed by atoms with Gasteiger partial charge in [0.25, 0.3) is 0 Å². The molecule has 0 aromatic rings. The molecule has 118 valence electrons. The zero-order valence-electron chi connectivity index (χ0n) is 12.7. The number of carbonyl (C=O) groups excluding carboxylic acids is 2. The Morgan fingerprint density at radius 2 is 1.65 bits per heavy atom. The van der Waals surface area contributed by atoms with Gasteiger partial charge in [-0.3, -0.25) is 14.5 Å². The van der Waals surface area contributed by atoms with E-state index in [-0.39, 0.29) is 24.2 Å². The second kappa shape index (κ2) is 9.96. The van der Waals surface area contributed by atoms with Crippen molar-refractivity contribution < 1.29 is 9.59 Å². The Morgan fingerprint density at radius 1 is 1.10 bits per heavy atom. The van der Waals surface area contributed by atoms with Gasteiger partial charge >= 0.3 is 0 Å². The van der Waals surface area contributed by atoms with Crippen LogP contribution in [-0.2, 0) is 9.59 Å². The summed E-state index contributed by atoms with van der Waals surface area (Å²) in [6.07, 6.45) is 0. The Balaban J connectivity index is 0.00000361. The van der Waals surface area contributed by atoms with E-state index >= 15 is 0 Å². The molecule has 1 aliphatic heterocycles. The highest BCUT2D eigenvalue weighted by molar-refractivity contribution is 5.85. The summed E-state index contributed by atoms with van der Waals surface area (Å²) in [7, 11) is 1.82. The Hall–Kier alpha value is -0.850. The normalized spacial score (nSPS) is 14.9. The standard InChI is InChI=1S/C13H26N4O2.ClH/c1-4-16(5-2)12(18)10-15(3)11-13(19)17-8-6-14-7-9-17;/h14H,4-11H2,1-3H3;1H. The molecule has 1 saturated heterocycles. The smallest absolute Gasteiger partial charge is 0.236 e. The predicted molar refractivity (Wildman–Crippen MR) is 82.1 cm³/mol. The van der Waals surface area contributed by atoms with Gasteiger partial charge in [0.2, 0.25) is 11.8 Å². The molecule has 0 radical (unpaired) electrons. The van der Waals surface area contributed by atoms with E-state index in [0.29, 0.717) is 13.1 Å². The third-order valence-electron chi connectivity index (χ3n) is 3.40. The molecule has 1 fully saturated rings. The van der Waals surface area contributed by atoms with Crippen LogP contribution in [0, 0.1) is 0 Å². The van der Waals surface area contributed by atoms with Gasteiger partial charge in [-0.1, -0.05) is 0 Å². The number of nitrogens with one attached hydrogen (secondary N) is 1. The Morgan fingerprint density at radius 3 is 2.15 bits per heavy atom. The van der Waals surface area contributed by atoms with Crippen LogP contribution in [-0.4, -0.2) is 85.9 Å². The molecule has 1 N–H and O–H groups in total. The van der Waals surface area contributed by atoms with E-state index in [1.54, 1.807) is 9.80 Å². The lowest BCUT2D eigenvalue weighted by Gasteiger charge is -2.29. The molecule has 0 atom stereocenters. The van der Waals surface area contributed by atoms with Crippen LogP contribution in [0.15, 0.2) is 0 Å². The van der Waals surface area contributed by atoms with E-state index in [1.165, 1.54) is 0 Å². The van der Waals surface area contributed by atoms with Gasteiger partial charge in [0.05, 0.1) is 13.1 Å². The fraction of sp³-hybridized carbons (Fsp3) is 0.846. The number of piperazine rings is 1. The maximum Gasteiger partial charge on any atom is 0.236 e. The number of likely N-dealkylation sites (N-methyl/N-ethyl adjacent to an activating group) is 2. The van der Waals surface area contributed by atoms with Crippen LogP contribution in [0.1, 0.15) is 13.8 Å². The predicted octanol–water partition coefficient (Wildman–Crippen LogP) is -0.360. The Bertz CT molecular complexity index is 305. The van der Waals surface area contributed by atoms with Crippen LogP contribution in [0.3, 0.4) is 0 Å². The molecular weight excluding hydrogens is 280 g/mol. The maximum atomic E-state index is 12.0. The summed E-state index contributed by atoms with van der Waals surface area (Å²) in [5.74, 6) is 0.192. The van der Waals surface area contributed by atoms with Gasteiger partial charge in [-0.2, -0.15) is 0 Å². The molecular formula is C13H27ClN4O2. The molecule has 0 aromatic heterocycles. The van der Waals surface area contributed by atoms with Gasteiger partial charge in [-0.05, 0) is 20.9 Å². The second-order valence-electron chi connectivity index (χ2n) is 4.87. The molecule has 1 heterocycles. The van der Waals surface area contributed by atoms with Crippen molar-refractivity contribution in [2.45, 2.75) is 13.8 Å². The molecule has 0 unspecified atom stereocenters. The van der Waals surface area contributed by atoms with Crippen molar-refractivity contribution in [3.05, 3.63) is 0 Å². The SMILES string of the molecule is CCN(CC)C(=O)CN(C)CC(=O)N1CCNCC1.Cl. The molecule has 0 bridgehead atoms. The number of halogens is 1. The quantitative estimate of drug-likeness (QED) is 0.728. The highest BCUT2D eigenvalue weighted by Crippen LogP contribution is 1.97. The highest BCUT2D eigenvalue weighted by Gasteiger charge is 2.19. The highest BCUT2D eigenvalue weighted by atomic mass is 35.5. The molecule has 20 heavy (non-hydrogen) atoms. The minimum Gasteiger partial charge on any atom is -0.342 e. The largest absolute Gasteiger partial charge is 0.342 e. The fourth-order valence-corrected chi connectivity index (χ4v) is 2.21. The molecule has 0 spiro atoms. The number of rotatable bonds is 6. The summed E-state index contributed by atoms with van der Waals surface area (Å²) in [5, 5.41) is 3.22. The second-order valence-corrected chi connectivity index (χ2v) is 4.87. The lowest BCUT2D eigenvalue weighted by Crippen LogP contribution is -2.50. The molecule has 2 amide bonds. The minimum atomic E-state index is 0.